The molecule has 0 unspecified atom stereocenters. The first-order chi connectivity index (χ1) is 35.6. The van der Waals surface area contributed by atoms with Crippen molar-refractivity contribution in [2.45, 2.75) is 120 Å². The van der Waals surface area contributed by atoms with Gasteiger partial charge in [-0.25, -0.2) is 4.39 Å². The monoisotopic (exact) mass is 1070 g/mol. The summed E-state index contributed by atoms with van der Waals surface area (Å²) >= 11 is 4.58. The van der Waals surface area contributed by atoms with Gasteiger partial charge in [-0.2, -0.15) is 13.2 Å². The second-order valence-electron chi connectivity index (χ2n) is 18.2. The van der Waals surface area contributed by atoms with Gasteiger partial charge >= 0.3 is 24.1 Å². The van der Waals surface area contributed by atoms with Crippen LogP contribution in [0.25, 0.3) is 43.8 Å². The summed E-state index contributed by atoms with van der Waals surface area (Å²) < 4.78 is 72.3. The number of fused-ring (bicyclic) bond motifs is 3. The third kappa shape index (κ3) is 12.2. The highest BCUT2D eigenvalue weighted by Crippen LogP contribution is 2.52. The van der Waals surface area contributed by atoms with Gasteiger partial charge in [0.2, 0.25) is 0 Å². The predicted molar refractivity (Wildman–Crippen MR) is 284 cm³/mol. The Labute approximate surface area is 440 Å². The zero-order valence-electron chi connectivity index (χ0n) is 41.6. The Kier molecular flexibility index (Phi) is 17.6. The second-order valence-corrected chi connectivity index (χ2v) is 22.5. The molecule has 0 radical (unpaired) electrons. The summed E-state index contributed by atoms with van der Waals surface area (Å²) in [5.74, 6) is -0.756. The zero-order valence-corrected chi connectivity index (χ0v) is 44.0. The highest BCUT2D eigenvalue weighted by atomic mass is 32.2. The number of thioether (sulfide) groups is 3. The number of rotatable bonds is 15. The first-order valence-electron chi connectivity index (χ1n) is 24.7. The molecule has 7 aromatic rings. The van der Waals surface area contributed by atoms with Gasteiger partial charge in [0.05, 0.1) is 48.5 Å². The molecule has 0 bridgehead atoms. The van der Waals surface area contributed by atoms with Crippen LogP contribution in [-0.2, 0) is 46.1 Å². The van der Waals surface area contributed by atoms with Crippen molar-refractivity contribution in [1.29, 1.82) is 0 Å². The lowest BCUT2D eigenvalue weighted by Crippen LogP contribution is -2.43. The Morgan fingerprint density at radius 2 is 0.959 bits per heavy atom. The van der Waals surface area contributed by atoms with Crippen molar-refractivity contribution >= 4 is 85.9 Å². The summed E-state index contributed by atoms with van der Waals surface area (Å²) in [6.45, 7) is 7.16. The van der Waals surface area contributed by atoms with Crippen LogP contribution in [0.15, 0.2) is 130 Å². The van der Waals surface area contributed by atoms with Gasteiger partial charge in [-0.1, -0.05) is 24.3 Å². The summed E-state index contributed by atoms with van der Waals surface area (Å²) in [5.41, 5.74) is 3.98. The molecule has 3 aliphatic rings. The Balaban J connectivity index is 0.000000151. The van der Waals surface area contributed by atoms with E-state index in [1.54, 1.807) is 68.7 Å². The summed E-state index contributed by atoms with van der Waals surface area (Å²) in [6, 6.07) is 27.0. The van der Waals surface area contributed by atoms with Crippen LogP contribution in [0.3, 0.4) is 0 Å². The molecule has 3 aliphatic carbocycles. The molecule has 3 heterocycles. The van der Waals surface area contributed by atoms with Crippen molar-refractivity contribution in [3.8, 4) is 11.1 Å². The molecule has 3 fully saturated rings. The molecular weight excluding hydrogens is 1010 g/mol. The van der Waals surface area contributed by atoms with E-state index in [1.165, 1.54) is 41.7 Å². The molecule has 3 saturated carbocycles. The molecule has 10 rings (SSSR count). The summed E-state index contributed by atoms with van der Waals surface area (Å²) in [4.78, 5) is 53.0. The predicted octanol–water partition coefficient (Wildman–Crippen LogP) is 14.4. The molecule has 388 valence electrons. The third-order valence-electron chi connectivity index (χ3n) is 13.3. The van der Waals surface area contributed by atoms with E-state index in [0.717, 1.165) is 123 Å². The maximum Gasteiger partial charge on any atom is 0.416 e. The lowest BCUT2D eigenvalue weighted by molar-refractivity contribution is -0.149. The van der Waals surface area contributed by atoms with Gasteiger partial charge in [-0.3, -0.25) is 29.3 Å². The fraction of sp³-hybridized carbons (Fsp3) is 0.368. The molecule has 0 spiro atoms. The van der Waals surface area contributed by atoms with E-state index in [4.69, 9.17) is 18.9 Å². The van der Waals surface area contributed by atoms with Crippen molar-refractivity contribution in [2.75, 3.05) is 26.9 Å². The summed E-state index contributed by atoms with van der Waals surface area (Å²) in [7, 11) is 1.69. The number of benzene rings is 4. The van der Waals surface area contributed by atoms with Crippen LogP contribution in [0.2, 0.25) is 0 Å². The van der Waals surface area contributed by atoms with E-state index >= 15 is 0 Å². The van der Waals surface area contributed by atoms with Gasteiger partial charge in [0.25, 0.3) is 0 Å². The minimum absolute atomic E-state index is 0.0886. The number of carbonyl (C=O) groups is 3. The number of pyridine rings is 3. The molecule has 3 aromatic heterocycles. The molecule has 0 amide bonds. The lowest BCUT2D eigenvalue weighted by Gasteiger charge is -2.38. The van der Waals surface area contributed by atoms with E-state index in [0.29, 0.717) is 37.6 Å². The van der Waals surface area contributed by atoms with Crippen molar-refractivity contribution < 1.29 is 50.9 Å². The van der Waals surface area contributed by atoms with Crippen LogP contribution in [0, 0.1) is 5.82 Å². The van der Waals surface area contributed by atoms with E-state index in [1.807, 2.05) is 50.2 Å². The van der Waals surface area contributed by atoms with Gasteiger partial charge in [0.15, 0.2) is 0 Å². The van der Waals surface area contributed by atoms with Crippen LogP contribution in [0.5, 0.6) is 0 Å². The molecule has 0 saturated heterocycles. The molecule has 4 aromatic carbocycles. The minimum atomic E-state index is -4.40. The largest absolute Gasteiger partial charge is 0.465 e. The molecule has 0 aliphatic heterocycles. The average Bonchev–Trinajstić information content (AvgIpc) is 3.35. The smallest absolute Gasteiger partial charge is 0.416 e. The van der Waals surface area contributed by atoms with Crippen molar-refractivity contribution in [1.82, 2.24) is 15.0 Å². The molecular formula is C57H57F4N3O7S3. The standard InChI is InChI=1S/C23H20F3NO2S.C18H21NO3S.C16H16FNO2S/c1-2-29-21(28)22(10-4-11-22)30-20-9-12-27-19-8-7-16(14-18(19)20)15-5-3-6-17(13-15)23(24,25)26;1-3-22-17(20)18(8-4-9-18)23-16-7-10-19-15-6-5-13(12-21-2)11-14(15)16;1-2-20-15(19)16(7-3-8-16)21-14-6-9-18-13-5-4-11(17)10-12(13)14/h3,5-9,12-14H,2,4,10-11H2,1H3;5-7,10-11H,3-4,8-9,12H2,1-2H3;4-6,9-10H,2-3,7-8H2,1H3. The Morgan fingerprint density at radius 1 is 0.541 bits per heavy atom. The Bertz CT molecular complexity index is 3150. The van der Waals surface area contributed by atoms with E-state index in [2.05, 4.69) is 21.0 Å². The summed E-state index contributed by atoms with van der Waals surface area (Å²) in [5, 5.41) is 2.63. The van der Waals surface area contributed by atoms with Gasteiger partial charge in [-0.15, -0.1) is 35.3 Å². The van der Waals surface area contributed by atoms with Gasteiger partial charge in [0, 0.05) is 56.5 Å². The number of nitrogens with zero attached hydrogens (tertiary/aromatic N) is 3. The normalized spacial score (nSPS) is 16.0. The number of halogens is 4. The number of ether oxygens (including phenoxy) is 4. The number of aromatic nitrogens is 3. The van der Waals surface area contributed by atoms with Crippen LogP contribution in [0.4, 0.5) is 17.6 Å². The lowest BCUT2D eigenvalue weighted by atomic mass is 9.84. The SMILES string of the molecule is CCOC(=O)C1(Sc2ccnc3ccc(-c4cccc(C(F)(F)F)c4)cc23)CCC1.CCOC(=O)C1(Sc2ccnc3ccc(COC)cc23)CCC1.CCOC(=O)C1(Sc2ccnc3ccc(F)cc23)CCC1. The highest BCUT2D eigenvalue weighted by Gasteiger charge is 2.49. The van der Waals surface area contributed by atoms with Crippen molar-refractivity contribution in [2.24, 2.45) is 0 Å². The van der Waals surface area contributed by atoms with Gasteiger partial charge < -0.3 is 18.9 Å². The molecule has 17 heteroatoms. The maximum atomic E-state index is 13.5. The van der Waals surface area contributed by atoms with Crippen LogP contribution in [0.1, 0.15) is 89.7 Å². The fourth-order valence-electron chi connectivity index (χ4n) is 8.92. The van der Waals surface area contributed by atoms with E-state index in [9.17, 15) is 31.9 Å². The molecule has 0 N–H and O–H groups in total. The second kappa shape index (κ2) is 23.8. The van der Waals surface area contributed by atoms with Crippen LogP contribution < -0.4 is 0 Å². The minimum Gasteiger partial charge on any atom is -0.465 e. The first kappa shape index (κ1) is 54.5. The topological polar surface area (TPSA) is 127 Å². The third-order valence-corrected chi connectivity index (χ3v) is 17.9. The Morgan fingerprint density at radius 3 is 1.38 bits per heavy atom. The quantitative estimate of drug-likeness (QED) is 0.0550. The first-order valence-corrected chi connectivity index (χ1v) is 27.2. The average molecular weight is 1070 g/mol. The fourth-order valence-corrected chi connectivity index (χ4v) is 13.3. The van der Waals surface area contributed by atoms with Crippen molar-refractivity contribution in [3.05, 3.63) is 133 Å². The number of methoxy groups -OCH3 is 1. The highest BCUT2D eigenvalue weighted by molar-refractivity contribution is 8.02. The zero-order chi connectivity index (χ0) is 52.5. The summed E-state index contributed by atoms with van der Waals surface area (Å²) in [6.07, 6.45) is 8.68. The van der Waals surface area contributed by atoms with Gasteiger partial charge in [-0.05, 0) is 168 Å². The number of hydrogen-bond donors (Lipinski definition) is 0. The van der Waals surface area contributed by atoms with Gasteiger partial charge in [0.1, 0.15) is 20.1 Å². The van der Waals surface area contributed by atoms with E-state index < -0.39 is 26.0 Å². The maximum absolute atomic E-state index is 13.5. The van der Waals surface area contributed by atoms with E-state index in [-0.39, 0.29) is 23.7 Å². The van der Waals surface area contributed by atoms with Crippen LogP contribution >= 0.6 is 35.3 Å². The van der Waals surface area contributed by atoms with Crippen LogP contribution in [-0.4, -0.2) is 74.0 Å². The number of hydrogen-bond acceptors (Lipinski definition) is 13. The Hall–Kier alpha value is -5.75. The number of carbonyl (C=O) groups excluding carboxylic acids is 3. The molecule has 74 heavy (non-hydrogen) atoms. The number of esters is 3. The molecule has 10 nitrogen and oxygen atoms in total. The molecule has 0 atom stereocenters. The number of alkyl halides is 3. The van der Waals surface area contributed by atoms with Crippen molar-refractivity contribution in [3.63, 3.8) is 0 Å².